The van der Waals surface area contributed by atoms with E-state index in [1.807, 2.05) is 26.0 Å². The molecule has 0 saturated carbocycles. The van der Waals surface area contributed by atoms with E-state index >= 15 is 0 Å². The predicted octanol–water partition coefficient (Wildman–Crippen LogP) is 4.97. The van der Waals surface area contributed by atoms with E-state index in [4.69, 9.17) is 34.8 Å². The lowest BCUT2D eigenvalue weighted by atomic mass is 10.1. The van der Waals surface area contributed by atoms with Crippen LogP contribution in [-0.4, -0.2) is 14.6 Å². The van der Waals surface area contributed by atoms with Crippen LogP contribution in [0.2, 0.25) is 15.2 Å². The number of nitrogens with zero attached hydrogens (tertiary/aromatic N) is 3. The number of aromatic nitrogens is 3. The van der Waals surface area contributed by atoms with Crippen molar-refractivity contribution in [2.24, 2.45) is 0 Å². The average Bonchev–Trinajstić information content (AvgIpc) is 2.70. The summed E-state index contributed by atoms with van der Waals surface area (Å²) in [5.41, 5.74) is 4.22. The Balaban J connectivity index is 2.35. The van der Waals surface area contributed by atoms with Crippen molar-refractivity contribution in [2.75, 3.05) is 0 Å². The van der Waals surface area contributed by atoms with Gasteiger partial charge in [-0.15, -0.1) is 0 Å². The highest BCUT2D eigenvalue weighted by Gasteiger charge is 2.16. The Morgan fingerprint density at radius 1 is 1.00 bits per heavy atom. The lowest BCUT2D eigenvalue weighted by Gasteiger charge is -2.04. The van der Waals surface area contributed by atoms with Crippen LogP contribution in [0.15, 0.2) is 24.3 Å². The zero-order chi connectivity index (χ0) is 14.4. The van der Waals surface area contributed by atoms with Crippen molar-refractivity contribution in [1.29, 1.82) is 0 Å². The first kappa shape index (κ1) is 13.7. The standard InChI is InChI=1S/C14H10Cl3N3/c1-7-5-12(17)20-14(18-7)13(8(2)19-20)9-3-4-10(15)11(16)6-9/h3-6H,1-2H3. The van der Waals surface area contributed by atoms with Crippen LogP contribution < -0.4 is 0 Å². The summed E-state index contributed by atoms with van der Waals surface area (Å²) in [6.45, 7) is 3.81. The summed E-state index contributed by atoms with van der Waals surface area (Å²) >= 11 is 18.3. The highest BCUT2D eigenvalue weighted by Crippen LogP contribution is 2.33. The molecule has 2 heterocycles. The van der Waals surface area contributed by atoms with Gasteiger partial charge < -0.3 is 0 Å². The van der Waals surface area contributed by atoms with Crippen LogP contribution in [0, 0.1) is 13.8 Å². The van der Waals surface area contributed by atoms with E-state index in [1.165, 1.54) is 0 Å². The molecule has 1 aromatic carbocycles. The second-order valence-corrected chi connectivity index (χ2v) is 5.75. The third kappa shape index (κ3) is 2.16. The fourth-order valence-corrected chi connectivity index (χ4v) is 2.76. The highest BCUT2D eigenvalue weighted by atomic mass is 35.5. The number of aryl methyl sites for hydroxylation is 2. The van der Waals surface area contributed by atoms with E-state index in [-0.39, 0.29) is 0 Å². The summed E-state index contributed by atoms with van der Waals surface area (Å²) in [5, 5.41) is 5.98. The third-order valence-electron chi connectivity index (χ3n) is 3.06. The zero-order valence-electron chi connectivity index (χ0n) is 10.8. The van der Waals surface area contributed by atoms with Crippen molar-refractivity contribution in [1.82, 2.24) is 14.6 Å². The highest BCUT2D eigenvalue weighted by molar-refractivity contribution is 6.42. The number of fused-ring (bicyclic) bond motifs is 1. The first-order valence-electron chi connectivity index (χ1n) is 5.95. The Hall–Kier alpha value is -1.29. The smallest absolute Gasteiger partial charge is 0.165 e. The summed E-state index contributed by atoms with van der Waals surface area (Å²) in [4.78, 5) is 4.53. The third-order valence-corrected chi connectivity index (χ3v) is 4.07. The molecule has 3 nitrogen and oxygen atoms in total. The summed E-state index contributed by atoms with van der Waals surface area (Å²) in [5.74, 6) is 0. The molecule has 0 unspecified atom stereocenters. The number of hydrogen-bond donors (Lipinski definition) is 0. The lowest BCUT2D eigenvalue weighted by molar-refractivity contribution is 0.910. The van der Waals surface area contributed by atoms with Crippen LogP contribution in [0.5, 0.6) is 0 Å². The van der Waals surface area contributed by atoms with E-state index in [0.717, 1.165) is 22.5 Å². The topological polar surface area (TPSA) is 30.2 Å². The van der Waals surface area contributed by atoms with Crippen LogP contribution in [0.3, 0.4) is 0 Å². The molecule has 0 fully saturated rings. The summed E-state index contributed by atoms with van der Waals surface area (Å²) in [7, 11) is 0. The van der Waals surface area contributed by atoms with Crippen LogP contribution >= 0.6 is 34.8 Å². The molecular weight excluding hydrogens is 317 g/mol. The molecule has 2 aromatic heterocycles. The Kier molecular flexibility index (Phi) is 3.36. The van der Waals surface area contributed by atoms with Crippen molar-refractivity contribution in [2.45, 2.75) is 13.8 Å². The largest absolute Gasteiger partial charge is 0.233 e. The van der Waals surface area contributed by atoms with Gasteiger partial charge in [0.25, 0.3) is 0 Å². The van der Waals surface area contributed by atoms with Gasteiger partial charge in [-0.25, -0.2) is 9.50 Å². The molecule has 0 bridgehead atoms. The molecule has 0 N–H and O–H groups in total. The van der Waals surface area contributed by atoms with Gasteiger partial charge in [-0.3, -0.25) is 0 Å². The Morgan fingerprint density at radius 3 is 2.45 bits per heavy atom. The molecular formula is C14H10Cl3N3. The maximum Gasteiger partial charge on any atom is 0.165 e. The first-order chi connectivity index (χ1) is 9.47. The predicted molar refractivity (Wildman–Crippen MR) is 82.9 cm³/mol. The van der Waals surface area contributed by atoms with Gasteiger partial charge in [0.2, 0.25) is 0 Å². The number of rotatable bonds is 1. The molecule has 0 aliphatic heterocycles. The summed E-state index contributed by atoms with van der Waals surface area (Å²) in [6, 6.07) is 7.25. The fraction of sp³-hybridized carbons (Fsp3) is 0.143. The summed E-state index contributed by atoms with van der Waals surface area (Å²) in [6.07, 6.45) is 0. The molecule has 3 rings (SSSR count). The molecule has 0 aliphatic carbocycles. The molecule has 20 heavy (non-hydrogen) atoms. The van der Waals surface area contributed by atoms with Crippen LogP contribution in [0.25, 0.3) is 16.8 Å². The van der Waals surface area contributed by atoms with Crippen molar-refractivity contribution >= 4 is 40.4 Å². The molecule has 0 spiro atoms. The second-order valence-electron chi connectivity index (χ2n) is 4.54. The Labute approximate surface area is 131 Å². The molecule has 0 radical (unpaired) electrons. The monoisotopic (exact) mass is 325 g/mol. The minimum Gasteiger partial charge on any atom is -0.233 e. The molecule has 0 amide bonds. The maximum atomic E-state index is 6.20. The van der Waals surface area contributed by atoms with Gasteiger partial charge in [-0.05, 0) is 37.6 Å². The Bertz CT molecular complexity index is 824. The van der Waals surface area contributed by atoms with E-state index in [2.05, 4.69) is 10.1 Å². The number of hydrogen-bond acceptors (Lipinski definition) is 2. The molecule has 0 aliphatic rings. The zero-order valence-corrected chi connectivity index (χ0v) is 13.1. The fourth-order valence-electron chi connectivity index (χ4n) is 2.19. The van der Waals surface area contributed by atoms with Crippen molar-refractivity contribution in [3.8, 4) is 11.1 Å². The van der Waals surface area contributed by atoms with Gasteiger partial charge in [0, 0.05) is 11.3 Å². The number of halogens is 3. The quantitative estimate of drug-likeness (QED) is 0.591. The van der Waals surface area contributed by atoms with Gasteiger partial charge in [-0.2, -0.15) is 5.10 Å². The normalized spacial score (nSPS) is 11.2. The molecule has 6 heteroatoms. The van der Waals surface area contributed by atoms with E-state index < -0.39 is 0 Å². The second kappa shape index (κ2) is 4.92. The van der Waals surface area contributed by atoms with Crippen LogP contribution in [0.1, 0.15) is 11.4 Å². The van der Waals surface area contributed by atoms with E-state index in [9.17, 15) is 0 Å². The van der Waals surface area contributed by atoms with Gasteiger partial charge >= 0.3 is 0 Å². The maximum absolute atomic E-state index is 6.20. The molecule has 3 aromatic rings. The first-order valence-corrected chi connectivity index (χ1v) is 7.08. The SMILES string of the molecule is Cc1cc(Cl)n2nc(C)c(-c3ccc(Cl)c(Cl)c3)c2n1. The molecule has 0 atom stereocenters. The van der Waals surface area contributed by atoms with Gasteiger partial charge in [0.15, 0.2) is 5.65 Å². The van der Waals surface area contributed by atoms with Crippen LogP contribution in [0.4, 0.5) is 0 Å². The van der Waals surface area contributed by atoms with Crippen molar-refractivity contribution in [3.63, 3.8) is 0 Å². The Morgan fingerprint density at radius 2 is 1.75 bits per heavy atom. The minimum atomic E-state index is 0.502. The van der Waals surface area contributed by atoms with Gasteiger partial charge in [0.1, 0.15) is 5.15 Å². The number of benzene rings is 1. The molecule has 0 saturated heterocycles. The average molecular weight is 327 g/mol. The molecule has 102 valence electrons. The van der Waals surface area contributed by atoms with E-state index in [0.29, 0.717) is 20.8 Å². The van der Waals surface area contributed by atoms with E-state index in [1.54, 1.807) is 16.6 Å². The lowest BCUT2D eigenvalue weighted by Crippen LogP contribution is -1.94. The minimum absolute atomic E-state index is 0.502. The van der Waals surface area contributed by atoms with Crippen molar-refractivity contribution < 1.29 is 0 Å². The van der Waals surface area contributed by atoms with Gasteiger partial charge in [-0.1, -0.05) is 40.9 Å². The summed E-state index contributed by atoms with van der Waals surface area (Å²) < 4.78 is 1.63. The van der Waals surface area contributed by atoms with Crippen molar-refractivity contribution in [3.05, 3.63) is 50.9 Å². The van der Waals surface area contributed by atoms with Crippen LogP contribution in [-0.2, 0) is 0 Å². The van der Waals surface area contributed by atoms with Gasteiger partial charge in [0.05, 0.1) is 15.7 Å².